The molecule has 2 bridgehead atoms. The van der Waals surface area contributed by atoms with Crippen molar-refractivity contribution in [2.75, 3.05) is 13.1 Å². The number of nitrogens with zero attached hydrogens (tertiary/aromatic N) is 2. The SMILES string of the molecule is CCCN(CCC)C(=O)NC(C)N1C(=O)C2C3C=CC(C3)C2C1=O. The molecule has 3 rings (SSSR count). The standard InChI is InChI=1S/C18H27N3O3/c1-4-8-20(9-5-2)18(24)19-11(3)21-16(22)14-12-6-7-13(10-12)15(14)17(21)23/h6-7,11-15H,4-5,8-10H2,1-3H3,(H,19,24). The summed E-state index contributed by atoms with van der Waals surface area (Å²) in [5.74, 6) is -0.273. The Morgan fingerprint density at radius 3 is 2.12 bits per heavy atom. The van der Waals surface area contributed by atoms with Crippen molar-refractivity contribution in [3.05, 3.63) is 12.2 Å². The van der Waals surface area contributed by atoms with Crippen molar-refractivity contribution in [1.82, 2.24) is 15.1 Å². The summed E-state index contributed by atoms with van der Waals surface area (Å²) in [6.45, 7) is 7.12. The van der Waals surface area contributed by atoms with Crippen LogP contribution in [0, 0.1) is 23.7 Å². The minimum Gasteiger partial charge on any atom is -0.325 e. The molecule has 132 valence electrons. The first-order chi connectivity index (χ1) is 11.5. The Labute approximate surface area is 143 Å². The number of fused-ring (bicyclic) bond motifs is 5. The average Bonchev–Trinajstić information content (AvgIpc) is 3.21. The number of rotatable bonds is 6. The largest absolute Gasteiger partial charge is 0.325 e. The van der Waals surface area contributed by atoms with Gasteiger partial charge in [0.25, 0.3) is 0 Å². The lowest BCUT2D eigenvalue weighted by molar-refractivity contribution is -0.143. The van der Waals surface area contributed by atoms with E-state index in [1.807, 2.05) is 13.8 Å². The number of imide groups is 1. The van der Waals surface area contributed by atoms with Gasteiger partial charge in [0.2, 0.25) is 11.8 Å². The number of nitrogens with one attached hydrogen (secondary N) is 1. The highest BCUT2D eigenvalue weighted by Gasteiger charge is 2.60. The van der Waals surface area contributed by atoms with Crippen LogP contribution in [0.15, 0.2) is 12.2 Å². The predicted octanol–water partition coefficient (Wildman–Crippen LogP) is 1.97. The molecule has 4 amide bonds. The maximum atomic E-state index is 12.7. The highest BCUT2D eigenvalue weighted by atomic mass is 16.2. The molecular formula is C18H27N3O3. The number of hydrogen-bond donors (Lipinski definition) is 1. The summed E-state index contributed by atoms with van der Waals surface area (Å²) in [6.07, 6.45) is 6.23. The van der Waals surface area contributed by atoms with Crippen molar-refractivity contribution in [3.63, 3.8) is 0 Å². The van der Waals surface area contributed by atoms with Crippen LogP contribution in [0.5, 0.6) is 0 Å². The van der Waals surface area contributed by atoms with Gasteiger partial charge in [0, 0.05) is 13.1 Å². The number of likely N-dealkylation sites (tertiary alicyclic amines) is 1. The molecule has 1 saturated heterocycles. The van der Waals surface area contributed by atoms with Crippen LogP contribution in [0.2, 0.25) is 0 Å². The third-order valence-corrected chi connectivity index (χ3v) is 5.50. The monoisotopic (exact) mass is 333 g/mol. The second-order valence-corrected chi connectivity index (χ2v) is 7.16. The Balaban J connectivity index is 1.67. The van der Waals surface area contributed by atoms with Crippen LogP contribution in [0.25, 0.3) is 0 Å². The van der Waals surface area contributed by atoms with Crippen LogP contribution in [0.3, 0.4) is 0 Å². The van der Waals surface area contributed by atoms with Gasteiger partial charge in [0.05, 0.1) is 11.8 Å². The molecule has 0 aromatic rings. The van der Waals surface area contributed by atoms with E-state index in [9.17, 15) is 14.4 Å². The fourth-order valence-electron chi connectivity index (χ4n) is 4.50. The number of urea groups is 1. The summed E-state index contributed by atoms with van der Waals surface area (Å²) >= 11 is 0. The van der Waals surface area contributed by atoms with Gasteiger partial charge >= 0.3 is 6.03 Å². The highest BCUT2D eigenvalue weighted by Crippen LogP contribution is 2.52. The quantitative estimate of drug-likeness (QED) is 0.597. The van der Waals surface area contributed by atoms with Gasteiger partial charge in [-0.2, -0.15) is 0 Å². The van der Waals surface area contributed by atoms with Gasteiger partial charge in [-0.25, -0.2) is 4.79 Å². The fraction of sp³-hybridized carbons (Fsp3) is 0.722. The Bertz CT molecular complexity index is 538. The number of allylic oxidation sites excluding steroid dienone is 2. The van der Waals surface area contributed by atoms with Crippen molar-refractivity contribution in [2.45, 2.75) is 46.2 Å². The van der Waals surface area contributed by atoms with E-state index in [0.29, 0.717) is 13.1 Å². The molecule has 1 N–H and O–H groups in total. The maximum absolute atomic E-state index is 12.7. The molecule has 6 nitrogen and oxygen atoms in total. The Morgan fingerprint density at radius 2 is 1.67 bits per heavy atom. The molecule has 6 heteroatoms. The Morgan fingerprint density at radius 1 is 1.17 bits per heavy atom. The van der Waals surface area contributed by atoms with E-state index in [4.69, 9.17) is 0 Å². The molecule has 3 aliphatic rings. The third kappa shape index (κ3) is 2.62. The average molecular weight is 333 g/mol. The van der Waals surface area contributed by atoms with Gasteiger partial charge in [0.15, 0.2) is 0 Å². The normalized spacial score (nSPS) is 31.5. The molecule has 2 aliphatic carbocycles. The van der Waals surface area contributed by atoms with Crippen molar-refractivity contribution < 1.29 is 14.4 Å². The molecule has 24 heavy (non-hydrogen) atoms. The molecule has 2 fully saturated rings. The van der Waals surface area contributed by atoms with Crippen LogP contribution in [-0.2, 0) is 9.59 Å². The molecule has 5 atom stereocenters. The van der Waals surface area contributed by atoms with Crippen molar-refractivity contribution in [2.24, 2.45) is 23.7 Å². The van der Waals surface area contributed by atoms with E-state index in [1.54, 1.807) is 11.8 Å². The molecule has 5 unspecified atom stereocenters. The van der Waals surface area contributed by atoms with Gasteiger partial charge < -0.3 is 10.2 Å². The first kappa shape index (κ1) is 17.0. The molecule has 1 saturated carbocycles. The lowest BCUT2D eigenvalue weighted by Crippen LogP contribution is -2.53. The van der Waals surface area contributed by atoms with E-state index < -0.39 is 6.17 Å². The summed E-state index contributed by atoms with van der Waals surface area (Å²) in [5, 5.41) is 2.84. The van der Waals surface area contributed by atoms with E-state index in [-0.39, 0.29) is 41.5 Å². The molecule has 0 aromatic carbocycles. The molecule has 0 aromatic heterocycles. The zero-order valence-corrected chi connectivity index (χ0v) is 14.7. The van der Waals surface area contributed by atoms with E-state index in [1.165, 1.54) is 4.90 Å². The summed E-state index contributed by atoms with van der Waals surface area (Å²) < 4.78 is 0. The molecular weight excluding hydrogens is 306 g/mol. The van der Waals surface area contributed by atoms with Crippen molar-refractivity contribution in [1.29, 1.82) is 0 Å². The predicted molar refractivity (Wildman–Crippen MR) is 89.7 cm³/mol. The number of amides is 4. The van der Waals surface area contributed by atoms with Crippen LogP contribution < -0.4 is 5.32 Å². The van der Waals surface area contributed by atoms with Crippen molar-refractivity contribution in [3.8, 4) is 0 Å². The Kier molecular flexibility index (Phi) is 4.65. The second kappa shape index (κ2) is 6.57. The molecule has 0 spiro atoms. The summed E-state index contributed by atoms with van der Waals surface area (Å²) in [5.41, 5.74) is 0. The molecule has 0 radical (unpaired) electrons. The van der Waals surface area contributed by atoms with E-state index in [0.717, 1.165) is 19.3 Å². The van der Waals surface area contributed by atoms with Crippen LogP contribution in [-0.4, -0.2) is 46.9 Å². The number of carbonyl (C=O) groups excluding carboxylic acids is 3. The van der Waals surface area contributed by atoms with Crippen LogP contribution in [0.1, 0.15) is 40.0 Å². The zero-order valence-electron chi connectivity index (χ0n) is 14.7. The topological polar surface area (TPSA) is 69.7 Å². The minimum atomic E-state index is -0.598. The summed E-state index contributed by atoms with van der Waals surface area (Å²) in [4.78, 5) is 41.0. The third-order valence-electron chi connectivity index (χ3n) is 5.50. The number of carbonyl (C=O) groups is 3. The first-order valence-corrected chi connectivity index (χ1v) is 9.10. The zero-order chi connectivity index (χ0) is 17.4. The highest BCUT2D eigenvalue weighted by molar-refractivity contribution is 6.06. The van der Waals surface area contributed by atoms with Crippen molar-refractivity contribution >= 4 is 17.8 Å². The molecule has 1 heterocycles. The second-order valence-electron chi connectivity index (χ2n) is 7.16. The number of hydrogen-bond acceptors (Lipinski definition) is 3. The summed E-state index contributed by atoms with van der Waals surface area (Å²) in [7, 11) is 0. The minimum absolute atomic E-state index is 0.118. The van der Waals surface area contributed by atoms with E-state index in [2.05, 4.69) is 17.5 Å². The van der Waals surface area contributed by atoms with Gasteiger partial charge in [-0.3, -0.25) is 14.5 Å². The first-order valence-electron chi connectivity index (χ1n) is 9.10. The van der Waals surface area contributed by atoms with Gasteiger partial charge in [-0.1, -0.05) is 26.0 Å². The van der Waals surface area contributed by atoms with Crippen LogP contribution >= 0.6 is 0 Å². The van der Waals surface area contributed by atoms with E-state index >= 15 is 0 Å². The van der Waals surface area contributed by atoms with Gasteiger partial charge in [-0.15, -0.1) is 0 Å². The van der Waals surface area contributed by atoms with Gasteiger partial charge in [-0.05, 0) is 38.0 Å². The smallest absolute Gasteiger partial charge is 0.319 e. The van der Waals surface area contributed by atoms with Gasteiger partial charge in [0.1, 0.15) is 6.17 Å². The Hall–Kier alpha value is -1.85. The lowest BCUT2D eigenvalue weighted by Gasteiger charge is -2.29. The maximum Gasteiger partial charge on any atom is 0.319 e. The molecule has 1 aliphatic heterocycles. The summed E-state index contributed by atoms with van der Waals surface area (Å²) in [6, 6.07) is -0.204. The van der Waals surface area contributed by atoms with Crippen LogP contribution in [0.4, 0.5) is 4.79 Å². The lowest BCUT2D eigenvalue weighted by atomic mass is 9.85. The fourth-order valence-corrected chi connectivity index (χ4v) is 4.50.